The highest BCUT2D eigenvalue weighted by molar-refractivity contribution is 7.99. The Balaban J connectivity index is 0.00000266. The quantitative estimate of drug-likeness (QED) is 0.0952. The third-order valence-corrected chi connectivity index (χ3v) is 14.5. The van der Waals surface area contributed by atoms with E-state index in [4.69, 9.17) is 4.99 Å². The van der Waals surface area contributed by atoms with Gasteiger partial charge >= 0.3 is 0 Å². The van der Waals surface area contributed by atoms with Crippen LogP contribution >= 0.6 is 11.8 Å². The summed E-state index contributed by atoms with van der Waals surface area (Å²) in [5.74, 6) is 0. The average molecular weight is 900 g/mol. The van der Waals surface area contributed by atoms with Gasteiger partial charge in [0.2, 0.25) is 0 Å². The van der Waals surface area contributed by atoms with Crippen molar-refractivity contribution < 1.29 is 0 Å². The molecule has 0 spiro atoms. The number of benzene rings is 8. The molecule has 1 atom stereocenters. The van der Waals surface area contributed by atoms with Crippen molar-refractivity contribution in [2.45, 2.75) is 68.8 Å². The summed E-state index contributed by atoms with van der Waals surface area (Å²) in [5.41, 5.74) is 16.8. The molecule has 0 fully saturated rings. The molecule has 8 aromatic carbocycles. The molecule has 0 N–H and O–H groups in total. The number of allylic oxidation sites excluding steroid dienone is 5. The van der Waals surface area contributed by atoms with Crippen LogP contribution in [0, 0.1) is 6.92 Å². The second-order valence-electron chi connectivity index (χ2n) is 17.6. The molecular formula is C64H57N3S. The monoisotopic (exact) mass is 899 g/mol. The number of hydrogen-bond donors (Lipinski definition) is 0. The number of rotatable bonds is 11. The zero-order valence-electron chi connectivity index (χ0n) is 39.3. The molecule has 1 aliphatic heterocycles. The number of aliphatic imine (C=N–C) groups is 1. The van der Waals surface area contributed by atoms with E-state index in [9.17, 15) is 0 Å². The first-order valence-corrected chi connectivity index (χ1v) is 24.8. The SMILES string of the molecule is C/C=C\C(CCC)N1c2ccccc2Sc2cc(-c3ccc4c(c3)c3c5ccccc5ccc3n4-c3cccc(CN=C(c4ccc(C5=CCCC=C5)cc4)c4ccccc4C)c3)ccc21.C=C. The van der Waals surface area contributed by atoms with Crippen LogP contribution in [-0.4, -0.2) is 16.3 Å². The molecule has 0 bridgehead atoms. The summed E-state index contributed by atoms with van der Waals surface area (Å²) < 4.78 is 2.45. The van der Waals surface area contributed by atoms with Crippen LogP contribution in [0.3, 0.4) is 0 Å². The van der Waals surface area contributed by atoms with Gasteiger partial charge in [-0.1, -0.05) is 171 Å². The number of aromatic nitrogens is 1. The molecule has 0 saturated heterocycles. The summed E-state index contributed by atoms with van der Waals surface area (Å²) in [6.45, 7) is 13.2. The summed E-state index contributed by atoms with van der Waals surface area (Å²) in [4.78, 5) is 10.6. The second-order valence-corrected chi connectivity index (χ2v) is 18.7. The second kappa shape index (κ2) is 19.8. The third-order valence-electron chi connectivity index (χ3n) is 13.4. The molecule has 9 aromatic rings. The van der Waals surface area contributed by atoms with Crippen LogP contribution < -0.4 is 4.90 Å². The molecule has 11 rings (SSSR count). The lowest BCUT2D eigenvalue weighted by Gasteiger charge is -2.38. The van der Waals surface area contributed by atoms with Gasteiger partial charge in [0, 0.05) is 37.4 Å². The van der Waals surface area contributed by atoms with E-state index in [1.165, 1.54) is 81.6 Å². The van der Waals surface area contributed by atoms with Gasteiger partial charge in [-0.3, -0.25) is 4.99 Å². The lowest BCUT2D eigenvalue weighted by atomic mass is 9.94. The van der Waals surface area contributed by atoms with Crippen LogP contribution in [0.25, 0.3) is 55.0 Å². The highest BCUT2D eigenvalue weighted by Gasteiger charge is 2.28. The minimum Gasteiger partial charge on any atom is -0.333 e. The molecule has 2 aliphatic rings. The third kappa shape index (κ3) is 8.46. The predicted octanol–water partition coefficient (Wildman–Crippen LogP) is 17.8. The molecule has 2 heterocycles. The van der Waals surface area contributed by atoms with E-state index in [0.717, 1.165) is 53.8 Å². The van der Waals surface area contributed by atoms with Crippen molar-refractivity contribution in [3.63, 3.8) is 0 Å². The van der Waals surface area contributed by atoms with E-state index in [2.05, 4.69) is 244 Å². The van der Waals surface area contributed by atoms with Gasteiger partial charge in [-0.05, 0) is 132 Å². The zero-order chi connectivity index (χ0) is 46.6. The Kier molecular flexibility index (Phi) is 13.0. The van der Waals surface area contributed by atoms with Crippen LogP contribution in [0.2, 0.25) is 0 Å². The van der Waals surface area contributed by atoms with Gasteiger partial charge in [0.25, 0.3) is 0 Å². The Morgan fingerprint density at radius 1 is 0.691 bits per heavy atom. The van der Waals surface area contributed by atoms with Crippen LogP contribution in [0.15, 0.2) is 228 Å². The van der Waals surface area contributed by atoms with Gasteiger partial charge in [0.05, 0.1) is 40.7 Å². The van der Waals surface area contributed by atoms with Gasteiger partial charge < -0.3 is 9.47 Å². The topological polar surface area (TPSA) is 20.5 Å². The summed E-state index contributed by atoms with van der Waals surface area (Å²) in [6.07, 6.45) is 15.8. The summed E-state index contributed by atoms with van der Waals surface area (Å²) in [5, 5.41) is 5.04. The largest absolute Gasteiger partial charge is 0.333 e. The van der Waals surface area contributed by atoms with Gasteiger partial charge in [-0.25, -0.2) is 0 Å². The maximum absolute atomic E-state index is 5.42. The number of para-hydroxylation sites is 1. The summed E-state index contributed by atoms with van der Waals surface area (Å²) >= 11 is 1.89. The molecule has 1 aromatic heterocycles. The van der Waals surface area contributed by atoms with Crippen LogP contribution in [0.5, 0.6) is 0 Å². The number of fused-ring (bicyclic) bond motifs is 7. The highest BCUT2D eigenvalue weighted by atomic mass is 32.2. The lowest BCUT2D eigenvalue weighted by molar-refractivity contribution is 0.676. The molecule has 4 heteroatoms. The summed E-state index contributed by atoms with van der Waals surface area (Å²) in [7, 11) is 0. The molecule has 334 valence electrons. The minimum atomic E-state index is 0.294. The lowest BCUT2D eigenvalue weighted by Crippen LogP contribution is -2.31. The van der Waals surface area contributed by atoms with E-state index in [1.54, 1.807) is 0 Å². The first-order chi connectivity index (χ1) is 33.6. The Labute approximate surface area is 406 Å². The van der Waals surface area contributed by atoms with E-state index in [-0.39, 0.29) is 0 Å². The minimum absolute atomic E-state index is 0.294. The fraction of sp³-hybridized carbons (Fsp3) is 0.141. The van der Waals surface area contributed by atoms with E-state index in [0.29, 0.717) is 12.6 Å². The van der Waals surface area contributed by atoms with Crippen LogP contribution in [0.1, 0.15) is 67.3 Å². The smallest absolute Gasteiger partial charge is 0.0725 e. The number of hydrogen-bond acceptors (Lipinski definition) is 3. The molecule has 68 heavy (non-hydrogen) atoms. The van der Waals surface area contributed by atoms with Crippen molar-refractivity contribution in [1.82, 2.24) is 4.57 Å². The van der Waals surface area contributed by atoms with Crippen molar-refractivity contribution in [2.24, 2.45) is 4.99 Å². The Hall–Kier alpha value is -7.40. The van der Waals surface area contributed by atoms with Gasteiger partial charge in [0.15, 0.2) is 0 Å². The maximum Gasteiger partial charge on any atom is 0.0725 e. The van der Waals surface area contributed by atoms with E-state index < -0.39 is 0 Å². The molecule has 0 saturated carbocycles. The number of aryl methyl sites for hydroxylation is 1. The molecular weight excluding hydrogens is 843 g/mol. The van der Waals surface area contributed by atoms with Crippen LogP contribution in [0.4, 0.5) is 11.4 Å². The van der Waals surface area contributed by atoms with Gasteiger partial charge in [-0.2, -0.15) is 0 Å². The average Bonchev–Trinajstić information content (AvgIpc) is 3.74. The first-order valence-electron chi connectivity index (χ1n) is 24.0. The van der Waals surface area contributed by atoms with Crippen molar-refractivity contribution in [3.8, 4) is 16.8 Å². The molecule has 0 amide bonds. The van der Waals surface area contributed by atoms with E-state index in [1.807, 2.05) is 11.8 Å². The van der Waals surface area contributed by atoms with Crippen molar-refractivity contribution in [3.05, 3.63) is 241 Å². The molecule has 1 aliphatic carbocycles. The zero-order valence-corrected chi connectivity index (χ0v) is 40.1. The van der Waals surface area contributed by atoms with Gasteiger partial charge in [0.1, 0.15) is 0 Å². The summed E-state index contributed by atoms with van der Waals surface area (Å²) in [6, 6.07) is 63.3. The first kappa shape index (κ1) is 44.4. The van der Waals surface area contributed by atoms with Crippen molar-refractivity contribution in [2.75, 3.05) is 4.90 Å². The Bertz CT molecular complexity index is 3440. The number of nitrogens with zero attached hydrogens (tertiary/aromatic N) is 3. The molecule has 3 nitrogen and oxygen atoms in total. The Morgan fingerprint density at radius 2 is 1.44 bits per heavy atom. The van der Waals surface area contributed by atoms with Crippen molar-refractivity contribution >= 4 is 67.0 Å². The normalized spacial score (nSPS) is 13.9. The highest BCUT2D eigenvalue weighted by Crippen LogP contribution is 2.51. The van der Waals surface area contributed by atoms with Crippen LogP contribution in [-0.2, 0) is 6.54 Å². The number of anilines is 2. The van der Waals surface area contributed by atoms with E-state index >= 15 is 0 Å². The standard InChI is InChI=1S/C62H53N3S.C2H4/c1-4-16-50(17-5-2)64-56-26-13-14-27-59(56)66-60-40-49(34-36-57(60)64)48-33-35-55-54(39-48)61-53-25-12-10-22-46(53)32-37-58(61)65(55)51-23-15-19-43(38-51)41-63-62(52-24-11-9-18-42(52)3)47-30-28-45(29-31-47)44-20-7-6-8-21-44;1-2/h4,7,9-16,18-40,50H,5-6,8,17,41H2,1-3H3;1-2H2/b16-4-,63-62?;. The maximum atomic E-state index is 5.42. The molecule has 0 radical (unpaired) electrons. The predicted molar refractivity (Wildman–Crippen MR) is 295 cm³/mol. The van der Waals surface area contributed by atoms with Gasteiger partial charge in [-0.15, -0.1) is 13.2 Å². The fourth-order valence-corrected chi connectivity index (χ4v) is 11.3. The fourth-order valence-electron chi connectivity index (χ4n) is 10.2. The Morgan fingerprint density at radius 3 is 2.26 bits per heavy atom. The molecule has 1 unspecified atom stereocenters. The van der Waals surface area contributed by atoms with Crippen molar-refractivity contribution in [1.29, 1.82) is 0 Å².